The molecule has 3 fully saturated rings. The van der Waals surface area contributed by atoms with E-state index in [9.17, 15) is 36.9 Å². The third-order valence-electron chi connectivity index (χ3n) is 11.7. The molecule has 7 rings (SSSR count). The van der Waals surface area contributed by atoms with Gasteiger partial charge in [-0.1, -0.05) is 40.8 Å². The van der Waals surface area contributed by atoms with E-state index in [1.807, 2.05) is 19.1 Å². The molecule has 2 saturated carbocycles. The number of fused-ring (bicyclic) bond motifs is 5. The molecule has 7 atom stereocenters. The Bertz CT molecular complexity index is 1970. The molecule has 1 aromatic heterocycles. The Kier molecular flexibility index (Phi) is 10.7. The number of carbonyl (C=O) groups excluding carboxylic acids is 3. The number of pyridine rings is 1. The van der Waals surface area contributed by atoms with Crippen molar-refractivity contribution in [3.05, 3.63) is 46.6 Å². The third kappa shape index (κ3) is 8.26. The summed E-state index contributed by atoms with van der Waals surface area (Å²) in [6.45, 7) is 6.67. The molecule has 2 aliphatic carbocycles. The Labute approximate surface area is 331 Å². The van der Waals surface area contributed by atoms with Crippen LogP contribution in [0.25, 0.3) is 10.9 Å². The van der Waals surface area contributed by atoms with Crippen LogP contribution in [0.3, 0.4) is 0 Å². The topological polar surface area (TPSA) is 159 Å². The minimum atomic E-state index is -4.89. The summed E-state index contributed by atoms with van der Waals surface area (Å²) in [6.07, 6.45) is 1.69. The van der Waals surface area contributed by atoms with Crippen LogP contribution in [0, 0.1) is 5.92 Å². The van der Waals surface area contributed by atoms with Crippen LogP contribution in [-0.2, 0) is 42.1 Å². The van der Waals surface area contributed by atoms with Gasteiger partial charge in [0.15, 0.2) is 17.7 Å². The number of nitrogens with one attached hydrogen (secondary N) is 3. The summed E-state index contributed by atoms with van der Waals surface area (Å²) in [4.78, 5) is 47.6. The molecule has 3 amide bonds. The fourth-order valence-corrected chi connectivity index (χ4v) is 9.68. The number of aliphatic hydroxyl groups excluding tert-OH is 1. The number of aromatic nitrogens is 1. The molecule has 2 aromatic rings. The number of carbonyl (C=O) groups is 3. The highest BCUT2D eigenvalue weighted by Crippen LogP contribution is 2.51. The molecule has 5 aliphatic rings. The fraction of sp³-hybridized carbons (Fsp3) is 0.641. The number of alkyl halides is 3. The van der Waals surface area contributed by atoms with E-state index in [1.54, 1.807) is 26.8 Å². The van der Waals surface area contributed by atoms with Gasteiger partial charge in [-0.15, -0.1) is 4.72 Å². The lowest BCUT2D eigenvalue weighted by atomic mass is 9.87. The fourth-order valence-electron chi connectivity index (χ4n) is 8.23. The van der Waals surface area contributed by atoms with Crippen LogP contribution in [0.2, 0.25) is 5.02 Å². The van der Waals surface area contributed by atoms with Gasteiger partial charge in [0.1, 0.15) is 39.0 Å². The van der Waals surface area contributed by atoms with Gasteiger partial charge in [0.05, 0.1) is 17.6 Å². The van der Waals surface area contributed by atoms with E-state index < -0.39 is 86.3 Å². The average Bonchev–Trinajstić information content (AvgIpc) is 3.99. The van der Waals surface area contributed by atoms with Crippen LogP contribution in [0.1, 0.15) is 103 Å². The number of thiol groups is 1. The number of alkyl carbamates (subject to hydrolysis) is 1. The Morgan fingerprint density at radius 3 is 2.61 bits per heavy atom. The van der Waals surface area contributed by atoms with E-state index >= 15 is 0 Å². The number of benzene rings is 1. The quantitative estimate of drug-likeness (QED) is 0.125. The number of aliphatic hydroxyl groups is 1. The first-order valence-electron chi connectivity index (χ1n) is 19.3. The highest BCUT2D eigenvalue weighted by molar-refractivity contribution is 7.84. The van der Waals surface area contributed by atoms with Crippen molar-refractivity contribution in [2.45, 2.75) is 144 Å². The van der Waals surface area contributed by atoms with Gasteiger partial charge in [0, 0.05) is 41.2 Å². The highest BCUT2D eigenvalue weighted by Gasteiger charge is 2.63. The number of amides is 3. The maximum atomic E-state index is 14.7. The largest absolute Gasteiger partial charge is 0.483 e. The summed E-state index contributed by atoms with van der Waals surface area (Å²) in [5, 5.41) is 18.0. The van der Waals surface area contributed by atoms with Gasteiger partial charge in [0.25, 0.3) is 0 Å². The Hall–Kier alpha value is -3.47. The van der Waals surface area contributed by atoms with Crippen LogP contribution in [0.15, 0.2) is 30.4 Å². The van der Waals surface area contributed by atoms with E-state index in [4.69, 9.17) is 21.1 Å². The number of hydrogen-bond donors (Lipinski definition) is 4. The maximum absolute atomic E-state index is 14.7. The standard InChI is InChI=1S/C39H49ClF3N5O7S/c1-35(2,3)55-34(52)45-27-11-9-7-5-6-8-10-22-19-38(22,33(51)47-56(53)36(4)16-17-36)46-31(49)28-20-37(21-48(28)32(27)50)15-14-24-25-18-23(40)12-13-26(25)44-30(29(24)54-37)39(41,42)43/h8,10,12-13,18,22,27-28,33,51H,5-7,9,11,14-17,19-21H2,1-4H3,(H,45,52)(H,46,49)(H,47,53)/p+1. The SMILES string of the molecule is CC(C)(C)OC(=O)NC1CCCCCC=CC2CC2(C(O)N[SH+](=O)C2(C)CC2)NC(=O)C2CC3(CCc4c(c(C(F)(F)F)nc5ccc(Cl)cc45)O3)CN2C1=O. The minimum absolute atomic E-state index is 0.104. The van der Waals surface area contributed by atoms with Crippen LogP contribution in [0.4, 0.5) is 18.0 Å². The molecule has 3 aliphatic heterocycles. The second kappa shape index (κ2) is 14.7. The molecule has 56 heavy (non-hydrogen) atoms. The minimum Gasteiger partial charge on any atom is -0.483 e. The van der Waals surface area contributed by atoms with Gasteiger partial charge in [-0.2, -0.15) is 13.2 Å². The molecule has 12 nitrogen and oxygen atoms in total. The summed E-state index contributed by atoms with van der Waals surface area (Å²) in [7, 11) is -2.02. The zero-order valence-electron chi connectivity index (χ0n) is 31.9. The summed E-state index contributed by atoms with van der Waals surface area (Å²) >= 11 is 6.26. The highest BCUT2D eigenvalue weighted by atomic mass is 35.5. The third-order valence-corrected chi connectivity index (χ3v) is 13.9. The molecule has 4 N–H and O–H groups in total. The zero-order valence-corrected chi connectivity index (χ0v) is 33.6. The van der Waals surface area contributed by atoms with Crippen molar-refractivity contribution in [2.24, 2.45) is 5.92 Å². The van der Waals surface area contributed by atoms with Crippen LogP contribution in [0.5, 0.6) is 5.75 Å². The van der Waals surface area contributed by atoms with Gasteiger partial charge in [-0.05, 0) is 84.4 Å². The van der Waals surface area contributed by atoms with Crippen molar-refractivity contribution >= 4 is 51.4 Å². The molecule has 1 saturated heterocycles. The number of aryl methyl sites for hydroxylation is 1. The van der Waals surface area contributed by atoms with E-state index in [0.29, 0.717) is 29.7 Å². The number of allylic oxidation sites excluding steroid dienone is 1. The second-order valence-corrected chi connectivity index (χ2v) is 19.7. The lowest BCUT2D eigenvalue weighted by Crippen LogP contribution is -2.59. The normalized spacial score (nSPS) is 30.2. The van der Waals surface area contributed by atoms with Crippen LogP contribution < -0.4 is 20.1 Å². The summed E-state index contributed by atoms with van der Waals surface area (Å²) < 4.78 is 71.5. The first-order chi connectivity index (χ1) is 26.2. The zero-order chi connectivity index (χ0) is 40.4. The Balaban J connectivity index is 1.26. The van der Waals surface area contributed by atoms with E-state index in [1.165, 1.54) is 17.0 Å². The molecule has 4 heterocycles. The molecule has 1 spiro atoms. The lowest BCUT2D eigenvalue weighted by Gasteiger charge is -2.37. The number of rotatable bonds is 5. The Morgan fingerprint density at radius 1 is 1.16 bits per heavy atom. The van der Waals surface area contributed by atoms with Crippen molar-refractivity contribution in [3.8, 4) is 5.75 Å². The van der Waals surface area contributed by atoms with Crippen LogP contribution in [-0.4, -0.2) is 79.2 Å². The van der Waals surface area contributed by atoms with Crippen molar-refractivity contribution in [1.29, 1.82) is 0 Å². The number of halogens is 4. The van der Waals surface area contributed by atoms with E-state index in [2.05, 4.69) is 20.3 Å². The molecule has 0 bridgehead atoms. The molecular weight excluding hydrogens is 775 g/mol. The van der Waals surface area contributed by atoms with Gasteiger partial charge >= 0.3 is 12.3 Å². The summed E-state index contributed by atoms with van der Waals surface area (Å²) in [5.74, 6) is -2.05. The number of nitrogens with zero attached hydrogens (tertiary/aromatic N) is 2. The van der Waals surface area contributed by atoms with Gasteiger partial charge in [-0.25, -0.2) is 9.78 Å². The molecular formula is C39H50ClF3N5O7S+. The van der Waals surface area contributed by atoms with Crippen molar-refractivity contribution < 1.29 is 46.3 Å². The smallest absolute Gasteiger partial charge is 0.437 e. The van der Waals surface area contributed by atoms with Crippen molar-refractivity contribution in [3.63, 3.8) is 0 Å². The maximum Gasteiger partial charge on any atom is 0.437 e. The van der Waals surface area contributed by atoms with Crippen molar-refractivity contribution in [2.75, 3.05) is 6.54 Å². The monoisotopic (exact) mass is 824 g/mol. The molecule has 17 heteroatoms. The number of ether oxygens (including phenoxy) is 2. The molecule has 7 unspecified atom stereocenters. The van der Waals surface area contributed by atoms with Crippen molar-refractivity contribution in [1.82, 2.24) is 25.2 Å². The molecule has 306 valence electrons. The van der Waals surface area contributed by atoms with Crippen LogP contribution >= 0.6 is 11.6 Å². The van der Waals surface area contributed by atoms with E-state index in [-0.39, 0.29) is 49.2 Å². The lowest BCUT2D eigenvalue weighted by molar-refractivity contribution is -0.144. The first kappa shape index (κ1) is 40.7. The summed E-state index contributed by atoms with van der Waals surface area (Å²) in [5.41, 5.74) is -4.41. The van der Waals surface area contributed by atoms with Gasteiger partial charge in [-0.3, -0.25) is 9.59 Å². The first-order valence-corrected chi connectivity index (χ1v) is 21.0. The average molecular weight is 825 g/mol. The van der Waals surface area contributed by atoms with E-state index in [0.717, 1.165) is 25.7 Å². The molecule has 0 radical (unpaired) electrons. The molecule has 1 aromatic carbocycles. The predicted molar refractivity (Wildman–Crippen MR) is 204 cm³/mol. The Morgan fingerprint density at radius 2 is 1.91 bits per heavy atom. The van der Waals surface area contributed by atoms with Gasteiger partial charge in [0.2, 0.25) is 11.8 Å². The second-order valence-electron chi connectivity index (χ2n) is 17.3. The van der Waals surface area contributed by atoms with Gasteiger partial charge < -0.3 is 30.1 Å². The summed E-state index contributed by atoms with van der Waals surface area (Å²) in [6, 6.07) is 2.04. The number of hydrogen-bond acceptors (Lipinski definition) is 8. The predicted octanol–water partition coefficient (Wildman–Crippen LogP) is 5.93.